The fourth-order valence-corrected chi connectivity index (χ4v) is 4.18. The summed E-state index contributed by atoms with van der Waals surface area (Å²) in [6.45, 7) is 5.53. The average Bonchev–Trinajstić information content (AvgIpc) is 3.31. The molecule has 2 atom stereocenters. The van der Waals surface area contributed by atoms with E-state index in [-0.39, 0.29) is 24.0 Å². The summed E-state index contributed by atoms with van der Waals surface area (Å²) in [6, 6.07) is 14.6. The quantitative estimate of drug-likeness (QED) is 0.500. The minimum Gasteiger partial charge on any atom is -0.372 e. The summed E-state index contributed by atoms with van der Waals surface area (Å²) in [5, 5.41) is 7.54. The molecule has 9 heteroatoms. The van der Waals surface area contributed by atoms with Gasteiger partial charge in [0.15, 0.2) is 0 Å². The maximum atomic E-state index is 12.8. The van der Waals surface area contributed by atoms with E-state index in [1.165, 1.54) is 0 Å². The minimum atomic E-state index is -0.0566. The molecule has 0 spiro atoms. The molecule has 3 aromatic rings. The Bertz CT molecular complexity index is 1140. The lowest BCUT2D eigenvalue weighted by molar-refractivity contribution is -0.121. The number of rotatable bonds is 8. The van der Waals surface area contributed by atoms with Crippen molar-refractivity contribution in [1.29, 1.82) is 0 Å². The topological polar surface area (TPSA) is 97.6 Å². The molecule has 8 nitrogen and oxygen atoms in total. The van der Waals surface area contributed by atoms with E-state index in [1.807, 2.05) is 55.1 Å². The van der Waals surface area contributed by atoms with Gasteiger partial charge in [0.2, 0.25) is 17.6 Å². The first-order valence-electron chi connectivity index (χ1n) is 11.8. The standard InChI is InChI=1S/C26H29ClN4O4/c1-17-15-31(16-18(2)34-17)26(33)21-8-6-19(7-9-21)14-28-23(32)4-3-5-24-29-25(30-35-24)20-10-12-22(27)13-11-20/h6-13,17-18H,3-5,14-16H2,1-2H3,(H,28,32). The smallest absolute Gasteiger partial charge is 0.254 e. The van der Waals surface area contributed by atoms with E-state index >= 15 is 0 Å². The van der Waals surface area contributed by atoms with E-state index < -0.39 is 0 Å². The number of aryl methyl sites for hydroxylation is 1. The monoisotopic (exact) mass is 496 g/mol. The van der Waals surface area contributed by atoms with E-state index in [1.54, 1.807) is 12.1 Å². The predicted octanol–water partition coefficient (Wildman–Crippen LogP) is 4.28. The van der Waals surface area contributed by atoms with Crippen LogP contribution in [0.15, 0.2) is 53.1 Å². The normalized spacial score (nSPS) is 17.9. The fourth-order valence-electron chi connectivity index (χ4n) is 4.05. The molecular weight excluding hydrogens is 468 g/mol. The zero-order valence-corrected chi connectivity index (χ0v) is 20.6. The highest BCUT2D eigenvalue weighted by Gasteiger charge is 2.26. The molecule has 1 aromatic heterocycles. The first-order valence-corrected chi connectivity index (χ1v) is 12.1. The molecule has 2 amide bonds. The Labute approximate surface area is 209 Å². The minimum absolute atomic E-state index is 0.00262. The summed E-state index contributed by atoms with van der Waals surface area (Å²) in [5.74, 6) is 0.939. The number of amides is 2. The van der Waals surface area contributed by atoms with Crippen LogP contribution in [-0.2, 0) is 22.5 Å². The number of hydrogen-bond donors (Lipinski definition) is 1. The SMILES string of the molecule is CC1CN(C(=O)c2ccc(CNC(=O)CCCc3nc(-c4ccc(Cl)cc4)no3)cc2)CC(C)O1. The number of halogens is 1. The molecular formula is C26H29ClN4O4. The summed E-state index contributed by atoms with van der Waals surface area (Å²) in [7, 11) is 0. The van der Waals surface area contributed by atoms with Crippen molar-refractivity contribution in [2.75, 3.05) is 13.1 Å². The van der Waals surface area contributed by atoms with Gasteiger partial charge in [0.05, 0.1) is 12.2 Å². The van der Waals surface area contributed by atoms with E-state index in [0.717, 1.165) is 11.1 Å². The lowest BCUT2D eigenvalue weighted by Gasteiger charge is -2.35. The van der Waals surface area contributed by atoms with E-state index in [0.29, 0.717) is 61.2 Å². The Morgan fingerprint density at radius 1 is 1.06 bits per heavy atom. The van der Waals surface area contributed by atoms with Gasteiger partial charge in [-0.1, -0.05) is 28.9 Å². The third-order valence-corrected chi connectivity index (χ3v) is 6.01. The third kappa shape index (κ3) is 6.90. The molecule has 2 aromatic carbocycles. The van der Waals surface area contributed by atoms with Crippen molar-refractivity contribution in [2.45, 2.75) is 51.9 Å². The van der Waals surface area contributed by atoms with Gasteiger partial charge in [-0.05, 0) is 62.2 Å². The number of nitrogens with one attached hydrogen (secondary N) is 1. The molecule has 1 aliphatic rings. The van der Waals surface area contributed by atoms with Gasteiger partial charge in [-0.15, -0.1) is 0 Å². The Kier molecular flexibility index (Phi) is 8.15. The summed E-state index contributed by atoms with van der Waals surface area (Å²) in [6.07, 6.45) is 1.52. The van der Waals surface area contributed by atoms with E-state index in [2.05, 4.69) is 15.5 Å². The van der Waals surface area contributed by atoms with Crippen molar-refractivity contribution in [2.24, 2.45) is 0 Å². The number of hydrogen-bond acceptors (Lipinski definition) is 6. The molecule has 1 saturated heterocycles. The van der Waals surface area contributed by atoms with Gasteiger partial charge in [0.25, 0.3) is 5.91 Å². The molecule has 35 heavy (non-hydrogen) atoms. The maximum Gasteiger partial charge on any atom is 0.254 e. The molecule has 1 fully saturated rings. The van der Waals surface area contributed by atoms with Crippen molar-refractivity contribution in [1.82, 2.24) is 20.4 Å². The van der Waals surface area contributed by atoms with Crippen LogP contribution in [0, 0.1) is 0 Å². The fraction of sp³-hybridized carbons (Fsp3) is 0.385. The second-order valence-corrected chi connectivity index (χ2v) is 9.25. The number of aromatic nitrogens is 2. The second kappa shape index (κ2) is 11.5. The highest BCUT2D eigenvalue weighted by molar-refractivity contribution is 6.30. The average molecular weight is 497 g/mol. The first-order chi connectivity index (χ1) is 16.9. The summed E-state index contributed by atoms with van der Waals surface area (Å²) >= 11 is 5.90. The van der Waals surface area contributed by atoms with Crippen LogP contribution in [0.4, 0.5) is 0 Å². The molecule has 1 aliphatic heterocycles. The van der Waals surface area contributed by atoms with Crippen molar-refractivity contribution in [3.05, 3.63) is 70.6 Å². The molecule has 4 rings (SSSR count). The van der Waals surface area contributed by atoms with Crippen LogP contribution < -0.4 is 5.32 Å². The zero-order valence-electron chi connectivity index (χ0n) is 19.9. The predicted molar refractivity (Wildman–Crippen MR) is 132 cm³/mol. The van der Waals surface area contributed by atoms with Gasteiger partial charge in [-0.3, -0.25) is 9.59 Å². The van der Waals surface area contributed by atoms with Crippen molar-refractivity contribution >= 4 is 23.4 Å². The number of nitrogens with zero attached hydrogens (tertiary/aromatic N) is 3. The molecule has 0 bridgehead atoms. The number of ether oxygens (including phenoxy) is 1. The molecule has 0 saturated carbocycles. The number of benzene rings is 2. The highest BCUT2D eigenvalue weighted by Crippen LogP contribution is 2.19. The zero-order chi connectivity index (χ0) is 24.8. The molecule has 2 heterocycles. The van der Waals surface area contributed by atoms with E-state index in [4.69, 9.17) is 20.9 Å². The summed E-state index contributed by atoms with van der Waals surface area (Å²) < 4.78 is 11.0. The van der Waals surface area contributed by atoms with Crippen molar-refractivity contribution < 1.29 is 18.8 Å². The lowest BCUT2D eigenvalue weighted by atomic mass is 10.1. The summed E-state index contributed by atoms with van der Waals surface area (Å²) in [5.41, 5.74) is 2.39. The Balaban J connectivity index is 1.19. The molecule has 2 unspecified atom stereocenters. The Hall–Kier alpha value is -3.23. The second-order valence-electron chi connectivity index (χ2n) is 8.81. The van der Waals surface area contributed by atoms with Gasteiger partial charge >= 0.3 is 0 Å². The molecule has 1 N–H and O–H groups in total. The van der Waals surface area contributed by atoms with Crippen LogP contribution >= 0.6 is 11.6 Å². The van der Waals surface area contributed by atoms with Gasteiger partial charge < -0.3 is 19.5 Å². The molecule has 0 radical (unpaired) electrons. The van der Waals surface area contributed by atoms with Crippen LogP contribution in [0.2, 0.25) is 5.02 Å². The lowest BCUT2D eigenvalue weighted by Crippen LogP contribution is -2.48. The number of carbonyl (C=O) groups is 2. The van der Waals surface area contributed by atoms with Crippen LogP contribution in [0.5, 0.6) is 0 Å². The van der Waals surface area contributed by atoms with Crippen molar-refractivity contribution in [3.63, 3.8) is 0 Å². The Morgan fingerprint density at radius 2 is 1.74 bits per heavy atom. The van der Waals surface area contributed by atoms with Crippen LogP contribution in [0.3, 0.4) is 0 Å². The van der Waals surface area contributed by atoms with Crippen LogP contribution in [0.1, 0.15) is 48.5 Å². The number of morpholine rings is 1. The third-order valence-electron chi connectivity index (χ3n) is 5.76. The first kappa shape index (κ1) is 24.9. The van der Waals surface area contributed by atoms with E-state index in [9.17, 15) is 9.59 Å². The van der Waals surface area contributed by atoms with Crippen LogP contribution in [0.25, 0.3) is 11.4 Å². The number of carbonyl (C=O) groups excluding carboxylic acids is 2. The van der Waals surface area contributed by atoms with Crippen LogP contribution in [-0.4, -0.2) is 52.2 Å². The maximum absolute atomic E-state index is 12.8. The van der Waals surface area contributed by atoms with Gasteiger partial charge in [-0.2, -0.15) is 4.98 Å². The van der Waals surface area contributed by atoms with Crippen molar-refractivity contribution in [3.8, 4) is 11.4 Å². The van der Waals surface area contributed by atoms with Gasteiger partial charge in [0.1, 0.15) is 0 Å². The van der Waals surface area contributed by atoms with Gasteiger partial charge in [0, 0.05) is 48.6 Å². The van der Waals surface area contributed by atoms with Gasteiger partial charge in [-0.25, -0.2) is 0 Å². The Morgan fingerprint density at radius 3 is 2.43 bits per heavy atom. The highest BCUT2D eigenvalue weighted by atomic mass is 35.5. The molecule has 0 aliphatic carbocycles. The molecule has 184 valence electrons. The largest absolute Gasteiger partial charge is 0.372 e. The summed E-state index contributed by atoms with van der Waals surface area (Å²) in [4.78, 5) is 31.2.